The summed E-state index contributed by atoms with van der Waals surface area (Å²) < 4.78 is 11.4. The Morgan fingerprint density at radius 1 is 1.25 bits per heavy atom. The zero-order valence-corrected chi connectivity index (χ0v) is 13.0. The van der Waals surface area contributed by atoms with E-state index in [4.69, 9.17) is 9.47 Å². The summed E-state index contributed by atoms with van der Waals surface area (Å²) in [4.78, 5) is 0. The molecule has 0 spiro atoms. The van der Waals surface area contributed by atoms with Gasteiger partial charge in [0, 0.05) is 19.2 Å². The Morgan fingerprint density at radius 3 is 2.85 bits per heavy atom. The Morgan fingerprint density at radius 2 is 2.10 bits per heavy atom. The van der Waals surface area contributed by atoms with Crippen molar-refractivity contribution in [3.05, 3.63) is 0 Å². The van der Waals surface area contributed by atoms with Gasteiger partial charge < -0.3 is 19.9 Å². The molecular weight excluding hydrogens is 254 g/mol. The summed E-state index contributed by atoms with van der Waals surface area (Å²) in [6, 6.07) is 0.475. The molecule has 2 aliphatic rings. The van der Waals surface area contributed by atoms with E-state index in [1.165, 1.54) is 12.8 Å². The van der Waals surface area contributed by atoms with Gasteiger partial charge in [0.25, 0.3) is 0 Å². The summed E-state index contributed by atoms with van der Waals surface area (Å²) in [7, 11) is 0. The van der Waals surface area contributed by atoms with Crippen molar-refractivity contribution < 1.29 is 14.6 Å². The predicted molar refractivity (Wildman–Crippen MR) is 79.8 cm³/mol. The van der Waals surface area contributed by atoms with Crippen LogP contribution < -0.4 is 5.32 Å². The van der Waals surface area contributed by atoms with E-state index in [1.807, 2.05) is 0 Å². The fraction of sp³-hybridized carbons (Fsp3) is 1.00. The lowest BCUT2D eigenvalue weighted by Crippen LogP contribution is -2.42. The standard InChI is InChI=1S/C16H31NO3/c1-12-4-3-5-16(8-12)20-11-15(18)10-17-14-6-7-19-13(2)9-14/h12-18H,3-11H2,1-2H3. The molecule has 4 heteroatoms. The van der Waals surface area contributed by atoms with Gasteiger partial charge in [0.1, 0.15) is 0 Å². The maximum atomic E-state index is 10.0. The molecule has 0 aromatic rings. The summed E-state index contributed by atoms with van der Waals surface area (Å²) in [5.41, 5.74) is 0. The number of hydrogen-bond donors (Lipinski definition) is 2. The third-order valence-electron chi connectivity index (χ3n) is 4.54. The molecule has 0 bridgehead atoms. The molecule has 0 radical (unpaired) electrons. The largest absolute Gasteiger partial charge is 0.389 e. The first kappa shape index (κ1) is 16.2. The third kappa shape index (κ3) is 5.68. The molecule has 5 atom stereocenters. The molecule has 20 heavy (non-hydrogen) atoms. The van der Waals surface area contributed by atoms with Crippen LogP contribution in [-0.2, 0) is 9.47 Å². The van der Waals surface area contributed by atoms with Crippen LogP contribution in [0, 0.1) is 5.92 Å². The highest BCUT2D eigenvalue weighted by Crippen LogP contribution is 2.25. The quantitative estimate of drug-likeness (QED) is 0.785. The lowest BCUT2D eigenvalue weighted by molar-refractivity contribution is -0.0339. The monoisotopic (exact) mass is 285 g/mol. The van der Waals surface area contributed by atoms with Crippen molar-refractivity contribution in [1.82, 2.24) is 5.32 Å². The minimum absolute atomic E-state index is 0.332. The van der Waals surface area contributed by atoms with Gasteiger partial charge in [0.05, 0.1) is 24.9 Å². The molecule has 4 nitrogen and oxygen atoms in total. The molecule has 2 N–H and O–H groups in total. The Balaban J connectivity index is 1.56. The van der Waals surface area contributed by atoms with Gasteiger partial charge in [-0.1, -0.05) is 19.8 Å². The Bertz CT molecular complexity index is 248. The molecule has 0 amide bonds. The molecule has 1 aliphatic carbocycles. The lowest BCUT2D eigenvalue weighted by atomic mass is 9.89. The average Bonchev–Trinajstić information content (AvgIpc) is 2.43. The van der Waals surface area contributed by atoms with Gasteiger partial charge in [-0.25, -0.2) is 0 Å². The predicted octanol–water partition coefficient (Wildman–Crippen LogP) is 2.10. The van der Waals surface area contributed by atoms with E-state index in [0.717, 1.165) is 38.2 Å². The van der Waals surface area contributed by atoms with E-state index in [2.05, 4.69) is 19.2 Å². The highest BCUT2D eigenvalue weighted by atomic mass is 16.5. The van der Waals surface area contributed by atoms with Crippen molar-refractivity contribution in [2.45, 2.75) is 76.7 Å². The molecule has 1 saturated carbocycles. The second-order valence-corrected chi connectivity index (χ2v) is 6.69. The van der Waals surface area contributed by atoms with Crippen molar-refractivity contribution in [3.8, 4) is 0 Å². The number of nitrogens with one attached hydrogen (secondary N) is 1. The normalized spacial score (nSPS) is 36.8. The van der Waals surface area contributed by atoms with Crippen molar-refractivity contribution >= 4 is 0 Å². The molecule has 2 rings (SSSR count). The maximum absolute atomic E-state index is 10.0. The van der Waals surface area contributed by atoms with Crippen LogP contribution in [0.4, 0.5) is 0 Å². The number of ether oxygens (including phenoxy) is 2. The van der Waals surface area contributed by atoms with Crippen LogP contribution in [0.2, 0.25) is 0 Å². The number of rotatable bonds is 6. The minimum Gasteiger partial charge on any atom is -0.389 e. The van der Waals surface area contributed by atoms with Gasteiger partial charge in [-0.05, 0) is 38.5 Å². The molecule has 1 aliphatic heterocycles. The second-order valence-electron chi connectivity index (χ2n) is 6.69. The molecule has 0 aromatic heterocycles. The first-order valence-corrected chi connectivity index (χ1v) is 8.28. The van der Waals surface area contributed by atoms with E-state index in [9.17, 15) is 5.11 Å². The molecule has 118 valence electrons. The van der Waals surface area contributed by atoms with Crippen molar-refractivity contribution in [3.63, 3.8) is 0 Å². The summed E-state index contributed by atoms with van der Waals surface area (Å²) in [5.74, 6) is 0.771. The van der Waals surface area contributed by atoms with Crippen molar-refractivity contribution in [2.75, 3.05) is 19.8 Å². The molecule has 5 unspecified atom stereocenters. The van der Waals surface area contributed by atoms with Gasteiger partial charge in [0.2, 0.25) is 0 Å². The van der Waals surface area contributed by atoms with E-state index < -0.39 is 6.10 Å². The second kappa shape index (κ2) is 8.32. The third-order valence-corrected chi connectivity index (χ3v) is 4.54. The molecule has 1 heterocycles. The van der Waals surface area contributed by atoms with Crippen LogP contribution in [-0.4, -0.2) is 49.2 Å². The van der Waals surface area contributed by atoms with E-state index >= 15 is 0 Å². The molecule has 2 fully saturated rings. The van der Waals surface area contributed by atoms with Gasteiger partial charge in [0.15, 0.2) is 0 Å². The topological polar surface area (TPSA) is 50.7 Å². The fourth-order valence-corrected chi connectivity index (χ4v) is 3.32. The zero-order chi connectivity index (χ0) is 14.4. The van der Waals surface area contributed by atoms with Crippen LogP contribution in [0.15, 0.2) is 0 Å². The van der Waals surface area contributed by atoms with Gasteiger partial charge in [-0.15, -0.1) is 0 Å². The van der Waals surface area contributed by atoms with E-state index in [1.54, 1.807) is 0 Å². The Hall–Kier alpha value is -0.160. The van der Waals surface area contributed by atoms with Crippen molar-refractivity contribution in [1.29, 1.82) is 0 Å². The molecule has 0 aromatic carbocycles. The number of aliphatic hydroxyl groups excluding tert-OH is 1. The maximum Gasteiger partial charge on any atom is 0.0897 e. The van der Waals surface area contributed by atoms with Gasteiger partial charge in [-0.3, -0.25) is 0 Å². The summed E-state index contributed by atoms with van der Waals surface area (Å²) in [6.45, 7) is 6.31. The number of aliphatic hydroxyl groups is 1. The van der Waals surface area contributed by atoms with Crippen LogP contribution in [0.1, 0.15) is 52.4 Å². The Labute approximate surface area is 123 Å². The van der Waals surface area contributed by atoms with Gasteiger partial charge in [-0.2, -0.15) is 0 Å². The van der Waals surface area contributed by atoms with Crippen LogP contribution in [0.3, 0.4) is 0 Å². The fourth-order valence-electron chi connectivity index (χ4n) is 3.32. The summed E-state index contributed by atoms with van der Waals surface area (Å²) >= 11 is 0. The SMILES string of the molecule is CC1CCCC(OCC(O)CNC2CCOC(C)C2)C1. The highest BCUT2D eigenvalue weighted by molar-refractivity contribution is 4.76. The van der Waals surface area contributed by atoms with Gasteiger partial charge >= 0.3 is 0 Å². The smallest absolute Gasteiger partial charge is 0.0897 e. The summed E-state index contributed by atoms with van der Waals surface area (Å²) in [5, 5.41) is 13.5. The first-order chi connectivity index (χ1) is 9.63. The van der Waals surface area contributed by atoms with Crippen LogP contribution in [0.25, 0.3) is 0 Å². The van der Waals surface area contributed by atoms with Crippen LogP contribution >= 0.6 is 0 Å². The molecular formula is C16H31NO3. The molecule has 1 saturated heterocycles. The van der Waals surface area contributed by atoms with Crippen LogP contribution in [0.5, 0.6) is 0 Å². The lowest BCUT2D eigenvalue weighted by Gasteiger charge is -2.30. The highest BCUT2D eigenvalue weighted by Gasteiger charge is 2.22. The average molecular weight is 285 g/mol. The Kier molecular flexibility index (Phi) is 6.75. The van der Waals surface area contributed by atoms with E-state index in [0.29, 0.717) is 31.4 Å². The number of hydrogen-bond acceptors (Lipinski definition) is 4. The minimum atomic E-state index is -0.398. The zero-order valence-electron chi connectivity index (χ0n) is 13.0. The summed E-state index contributed by atoms with van der Waals surface area (Å²) in [6.07, 6.45) is 7.26. The van der Waals surface area contributed by atoms with Crippen molar-refractivity contribution in [2.24, 2.45) is 5.92 Å². The first-order valence-electron chi connectivity index (χ1n) is 8.28. The van der Waals surface area contributed by atoms with E-state index in [-0.39, 0.29) is 0 Å².